The van der Waals surface area contributed by atoms with Crippen molar-refractivity contribution in [3.63, 3.8) is 0 Å². The monoisotopic (exact) mass is 572 g/mol. The normalized spacial score (nSPS) is 21.5. The standard InChI is InChI=1S/C27H30F2N6O4S/c1-15-9-16(10-22(30)26(15)39-7-8-40(2,37)38)19-5-6-31-14-24(19)33-27-32-13-17-3-4-23(34-35(17)27)25-20(28)11-18(36)12-21(25)29/h3-6,11-16,22,26,36H,7-10,30H2,1-2H3,(H,32,33). The number of fused-ring (bicyclic) bond motifs is 1. The molecule has 10 nitrogen and oxygen atoms in total. The molecule has 4 atom stereocenters. The van der Waals surface area contributed by atoms with E-state index in [2.05, 4.69) is 20.4 Å². The Labute approximate surface area is 230 Å². The number of benzene rings is 1. The Hall–Kier alpha value is -3.68. The molecule has 0 spiro atoms. The van der Waals surface area contributed by atoms with E-state index in [1.807, 2.05) is 13.0 Å². The second-order valence-corrected chi connectivity index (χ2v) is 12.5. The molecule has 1 aromatic carbocycles. The van der Waals surface area contributed by atoms with Crippen LogP contribution in [0.25, 0.3) is 16.8 Å². The third kappa shape index (κ3) is 5.91. The molecule has 3 aromatic heterocycles. The van der Waals surface area contributed by atoms with Crippen LogP contribution >= 0.6 is 0 Å². The number of hydrogen-bond donors (Lipinski definition) is 3. The molecular formula is C27H30F2N6O4S. The summed E-state index contributed by atoms with van der Waals surface area (Å²) in [5.74, 6) is -1.96. The Morgan fingerprint density at radius 1 is 1.18 bits per heavy atom. The minimum Gasteiger partial charge on any atom is -0.508 e. The van der Waals surface area contributed by atoms with E-state index in [-0.39, 0.29) is 47.6 Å². The fraction of sp³-hybridized carbons (Fsp3) is 0.370. The van der Waals surface area contributed by atoms with Crippen molar-refractivity contribution >= 4 is 27.0 Å². The molecule has 13 heteroatoms. The molecule has 4 unspecified atom stereocenters. The second-order valence-electron chi connectivity index (χ2n) is 10.3. The highest BCUT2D eigenvalue weighted by Crippen LogP contribution is 2.40. The van der Waals surface area contributed by atoms with Gasteiger partial charge in [0.25, 0.3) is 0 Å². The molecular weight excluding hydrogens is 542 g/mol. The molecule has 1 fully saturated rings. The van der Waals surface area contributed by atoms with Crippen LogP contribution in [0.15, 0.2) is 48.9 Å². The lowest BCUT2D eigenvalue weighted by atomic mass is 9.74. The fourth-order valence-electron chi connectivity index (χ4n) is 5.33. The van der Waals surface area contributed by atoms with Crippen molar-refractivity contribution in [3.8, 4) is 17.0 Å². The first-order valence-electron chi connectivity index (χ1n) is 12.8. The summed E-state index contributed by atoms with van der Waals surface area (Å²) in [7, 11) is -3.13. The Kier molecular flexibility index (Phi) is 7.71. The molecule has 4 aromatic rings. The number of phenols is 1. The first kappa shape index (κ1) is 27.9. The predicted molar refractivity (Wildman–Crippen MR) is 146 cm³/mol. The Bertz CT molecular complexity index is 1610. The number of phenolic OH excluding ortho intramolecular Hbond substituents is 1. The molecule has 1 aliphatic carbocycles. The number of aromatic hydroxyl groups is 1. The first-order chi connectivity index (χ1) is 19.0. The van der Waals surface area contributed by atoms with E-state index in [1.54, 1.807) is 24.7 Å². The number of aromatic nitrogens is 4. The van der Waals surface area contributed by atoms with Gasteiger partial charge in [0.15, 0.2) is 0 Å². The molecule has 212 valence electrons. The minimum atomic E-state index is -3.13. The molecule has 40 heavy (non-hydrogen) atoms. The van der Waals surface area contributed by atoms with Gasteiger partial charge < -0.3 is 20.9 Å². The van der Waals surface area contributed by atoms with Gasteiger partial charge in [-0.2, -0.15) is 9.61 Å². The zero-order valence-electron chi connectivity index (χ0n) is 22.0. The van der Waals surface area contributed by atoms with Crippen molar-refractivity contribution in [3.05, 3.63) is 66.1 Å². The van der Waals surface area contributed by atoms with Crippen molar-refractivity contribution in [2.75, 3.05) is 23.9 Å². The van der Waals surface area contributed by atoms with Crippen LogP contribution in [0.2, 0.25) is 0 Å². The van der Waals surface area contributed by atoms with Crippen LogP contribution in [-0.4, -0.2) is 63.9 Å². The number of nitrogens with one attached hydrogen (secondary N) is 1. The van der Waals surface area contributed by atoms with Crippen molar-refractivity contribution in [2.24, 2.45) is 11.7 Å². The molecule has 0 aliphatic heterocycles. The van der Waals surface area contributed by atoms with Gasteiger partial charge in [-0.25, -0.2) is 22.2 Å². The highest BCUT2D eigenvalue weighted by molar-refractivity contribution is 7.90. The second kappa shape index (κ2) is 11.1. The van der Waals surface area contributed by atoms with Gasteiger partial charge in [-0.1, -0.05) is 6.92 Å². The molecule has 1 aliphatic rings. The number of nitrogens with two attached hydrogens (primary N) is 1. The van der Waals surface area contributed by atoms with Gasteiger partial charge in [-0.3, -0.25) is 4.98 Å². The lowest BCUT2D eigenvalue weighted by molar-refractivity contribution is -0.0152. The highest BCUT2D eigenvalue weighted by atomic mass is 32.2. The number of halogens is 2. The van der Waals surface area contributed by atoms with Crippen molar-refractivity contribution in [1.82, 2.24) is 19.6 Å². The van der Waals surface area contributed by atoms with E-state index < -0.39 is 27.2 Å². The van der Waals surface area contributed by atoms with E-state index in [9.17, 15) is 22.3 Å². The van der Waals surface area contributed by atoms with Crippen molar-refractivity contribution in [1.29, 1.82) is 0 Å². The maximum absolute atomic E-state index is 14.5. The zero-order valence-corrected chi connectivity index (χ0v) is 22.8. The first-order valence-corrected chi connectivity index (χ1v) is 14.8. The van der Waals surface area contributed by atoms with Crippen LogP contribution in [0.3, 0.4) is 0 Å². The zero-order chi connectivity index (χ0) is 28.6. The highest BCUT2D eigenvalue weighted by Gasteiger charge is 2.36. The lowest BCUT2D eigenvalue weighted by Gasteiger charge is -2.39. The molecule has 1 saturated carbocycles. The van der Waals surface area contributed by atoms with E-state index in [1.165, 1.54) is 16.8 Å². The number of nitrogens with zero attached hydrogens (tertiary/aromatic N) is 4. The van der Waals surface area contributed by atoms with E-state index in [0.717, 1.165) is 24.1 Å². The van der Waals surface area contributed by atoms with Gasteiger partial charge in [0, 0.05) is 30.6 Å². The van der Waals surface area contributed by atoms with Crippen LogP contribution in [0.4, 0.5) is 20.4 Å². The van der Waals surface area contributed by atoms with Gasteiger partial charge in [0.1, 0.15) is 27.2 Å². The summed E-state index contributed by atoms with van der Waals surface area (Å²) in [5.41, 5.74) is 8.42. The summed E-state index contributed by atoms with van der Waals surface area (Å²) in [6, 6.07) is 6.40. The summed E-state index contributed by atoms with van der Waals surface area (Å²) in [6.07, 6.45) is 7.26. The van der Waals surface area contributed by atoms with Crippen molar-refractivity contribution in [2.45, 2.75) is 37.8 Å². The van der Waals surface area contributed by atoms with E-state index >= 15 is 0 Å². The largest absolute Gasteiger partial charge is 0.508 e. The molecule has 5 rings (SSSR count). The molecule has 3 heterocycles. The van der Waals surface area contributed by atoms with E-state index in [0.29, 0.717) is 23.6 Å². The molecule has 4 N–H and O–H groups in total. The van der Waals surface area contributed by atoms with Gasteiger partial charge >= 0.3 is 0 Å². The maximum Gasteiger partial charge on any atom is 0.229 e. The Morgan fingerprint density at radius 3 is 2.62 bits per heavy atom. The Balaban J connectivity index is 1.39. The predicted octanol–water partition coefficient (Wildman–Crippen LogP) is 3.79. The number of hydrogen-bond acceptors (Lipinski definition) is 9. The molecule has 0 bridgehead atoms. The van der Waals surface area contributed by atoms with Gasteiger partial charge in [0.2, 0.25) is 5.95 Å². The third-order valence-corrected chi connectivity index (χ3v) is 8.08. The quantitative estimate of drug-likeness (QED) is 0.287. The summed E-state index contributed by atoms with van der Waals surface area (Å²) in [5, 5.41) is 17.2. The number of imidazole rings is 1. The average Bonchev–Trinajstić information content (AvgIpc) is 3.26. The van der Waals surface area contributed by atoms with Crippen LogP contribution < -0.4 is 11.1 Å². The number of sulfone groups is 1. The van der Waals surface area contributed by atoms with Gasteiger partial charge in [0.05, 0.1) is 53.3 Å². The van der Waals surface area contributed by atoms with Crippen LogP contribution in [0.5, 0.6) is 5.75 Å². The summed E-state index contributed by atoms with van der Waals surface area (Å²) in [6.45, 7) is 2.15. The number of rotatable bonds is 8. The van der Waals surface area contributed by atoms with Crippen molar-refractivity contribution < 1.29 is 27.0 Å². The summed E-state index contributed by atoms with van der Waals surface area (Å²) >= 11 is 0. The molecule has 0 amide bonds. The van der Waals surface area contributed by atoms with E-state index in [4.69, 9.17) is 10.5 Å². The number of pyridine rings is 1. The Morgan fingerprint density at radius 2 is 1.93 bits per heavy atom. The SMILES string of the molecule is CC1CC(c2ccncc2Nc2ncc3ccc(-c4c(F)cc(O)cc4F)nn23)CC(N)C1OCCS(C)(=O)=O. The molecule has 0 saturated heterocycles. The smallest absolute Gasteiger partial charge is 0.229 e. The summed E-state index contributed by atoms with van der Waals surface area (Å²) < 4.78 is 59.3. The fourth-order valence-corrected chi connectivity index (χ4v) is 5.73. The molecule has 0 radical (unpaired) electrons. The minimum absolute atomic E-state index is 0.0314. The maximum atomic E-state index is 14.5. The van der Waals surface area contributed by atoms with Gasteiger partial charge in [-0.05, 0) is 48.4 Å². The van der Waals surface area contributed by atoms with Crippen LogP contribution in [0, 0.1) is 17.6 Å². The lowest BCUT2D eigenvalue weighted by Crippen LogP contribution is -2.47. The average molecular weight is 573 g/mol. The third-order valence-electron chi connectivity index (χ3n) is 7.17. The topological polar surface area (TPSA) is 145 Å². The number of anilines is 2. The number of ether oxygens (including phenoxy) is 1. The van der Waals surface area contributed by atoms with Gasteiger partial charge in [-0.15, -0.1) is 0 Å². The van der Waals surface area contributed by atoms with Crippen LogP contribution in [-0.2, 0) is 14.6 Å². The summed E-state index contributed by atoms with van der Waals surface area (Å²) in [4.78, 5) is 8.66. The van der Waals surface area contributed by atoms with Crippen LogP contribution in [0.1, 0.15) is 31.2 Å².